The highest BCUT2D eigenvalue weighted by molar-refractivity contribution is 6.35. The van der Waals surface area contributed by atoms with E-state index >= 15 is 0 Å². The smallest absolute Gasteiger partial charge is 0.430 e. The SMILES string of the molecule is COC(=O)[C@](O)([C@H](Cl)C(=O)Nc1ccc(C)cc1)C(F)(F)F. The van der Waals surface area contributed by atoms with Crippen molar-refractivity contribution in [3.63, 3.8) is 0 Å². The van der Waals surface area contributed by atoms with Crippen LogP contribution in [0.5, 0.6) is 0 Å². The molecule has 122 valence electrons. The van der Waals surface area contributed by atoms with E-state index in [4.69, 9.17) is 11.6 Å². The Labute approximate surface area is 129 Å². The summed E-state index contributed by atoms with van der Waals surface area (Å²) in [6, 6.07) is 6.08. The lowest BCUT2D eigenvalue weighted by molar-refractivity contribution is -0.260. The number of benzene rings is 1. The Morgan fingerprint density at radius 2 is 1.77 bits per heavy atom. The van der Waals surface area contributed by atoms with Gasteiger partial charge < -0.3 is 15.2 Å². The number of hydrogen-bond donors (Lipinski definition) is 2. The summed E-state index contributed by atoms with van der Waals surface area (Å²) < 4.78 is 42.7. The van der Waals surface area contributed by atoms with E-state index in [1.807, 2.05) is 0 Å². The maximum absolute atomic E-state index is 12.9. The van der Waals surface area contributed by atoms with Crippen LogP contribution < -0.4 is 5.32 Å². The van der Waals surface area contributed by atoms with Gasteiger partial charge in [-0.1, -0.05) is 17.7 Å². The molecule has 22 heavy (non-hydrogen) atoms. The van der Waals surface area contributed by atoms with E-state index in [2.05, 4.69) is 10.1 Å². The van der Waals surface area contributed by atoms with Crippen molar-refractivity contribution in [3.8, 4) is 0 Å². The molecule has 0 fully saturated rings. The second kappa shape index (κ2) is 6.53. The van der Waals surface area contributed by atoms with Crippen LogP contribution in [0.15, 0.2) is 24.3 Å². The van der Waals surface area contributed by atoms with E-state index in [0.717, 1.165) is 5.56 Å². The van der Waals surface area contributed by atoms with Gasteiger partial charge in [0.1, 0.15) is 0 Å². The molecule has 0 saturated heterocycles. The van der Waals surface area contributed by atoms with E-state index in [0.29, 0.717) is 7.11 Å². The molecule has 9 heteroatoms. The summed E-state index contributed by atoms with van der Waals surface area (Å²) in [5.74, 6) is -3.46. The van der Waals surface area contributed by atoms with Crippen molar-refractivity contribution in [1.29, 1.82) is 0 Å². The standard InChI is InChI=1S/C13H13ClF3NO4/c1-7-3-5-8(6-4-7)18-10(19)9(14)12(21,11(20)22-2)13(15,16)17/h3-6,9,21H,1-2H3,(H,18,19)/t9-,12-/m1/s1. The normalized spacial score (nSPS) is 15.6. The Morgan fingerprint density at radius 3 is 2.18 bits per heavy atom. The molecule has 1 aromatic rings. The molecule has 0 aliphatic rings. The van der Waals surface area contributed by atoms with Crippen LogP contribution in [0.2, 0.25) is 0 Å². The van der Waals surface area contributed by atoms with Crippen molar-refractivity contribution in [3.05, 3.63) is 29.8 Å². The number of aliphatic hydroxyl groups is 1. The number of anilines is 1. The first-order valence-corrected chi connectivity index (χ1v) is 6.36. The molecule has 0 aliphatic carbocycles. The summed E-state index contributed by atoms with van der Waals surface area (Å²) >= 11 is 5.40. The maximum atomic E-state index is 12.9. The van der Waals surface area contributed by atoms with Gasteiger partial charge in [0.2, 0.25) is 5.91 Å². The molecule has 0 bridgehead atoms. The van der Waals surface area contributed by atoms with Gasteiger partial charge in [0.15, 0.2) is 5.38 Å². The highest BCUT2D eigenvalue weighted by Crippen LogP contribution is 2.37. The van der Waals surface area contributed by atoms with Crippen molar-refractivity contribution < 1.29 is 32.6 Å². The highest BCUT2D eigenvalue weighted by Gasteiger charge is 2.67. The summed E-state index contributed by atoms with van der Waals surface area (Å²) in [6.45, 7) is 1.77. The Bertz CT molecular complexity index is 561. The number of alkyl halides is 4. The van der Waals surface area contributed by atoms with Crippen LogP contribution in [0.25, 0.3) is 0 Å². The molecular formula is C13H13ClF3NO4. The number of carbonyl (C=O) groups excluding carboxylic acids is 2. The maximum Gasteiger partial charge on any atom is 0.430 e. The number of esters is 1. The van der Waals surface area contributed by atoms with Crippen molar-refractivity contribution in [2.75, 3.05) is 12.4 Å². The van der Waals surface area contributed by atoms with Crippen LogP contribution in [0.3, 0.4) is 0 Å². The Balaban J connectivity index is 3.04. The molecule has 0 aromatic heterocycles. The predicted octanol–water partition coefficient (Wildman–Crippen LogP) is 2.01. The fourth-order valence-corrected chi connectivity index (χ4v) is 1.82. The first-order chi connectivity index (χ1) is 10.0. The molecule has 1 aromatic carbocycles. The second-order valence-corrected chi connectivity index (χ2v) is 4.91. The average molecular weight is 340 g/mol. The number of ether oxygens (including phenoxy) is 1. The Kier molecular flexibility index (Phi) is 5.42. The lowest BCUT2D eigenvalue weighted by Crippen LogP contribution is -2.62. The minimum atomic E-state index is -5.49. The van der Waals surface area contributed by atoms with Crippen LogP contribution in [0, 0.1) is 6.92 Å². The molecule has 1 amide bonds. The van der Waals surface area contributed by atoms with Gasteiger partial charge in [-0.25, -0.2) is 4.79 Å². The monoisotopic (exact) mass is 339 g/mol. The van der Waals surface area contributed by atoms with Crippen LogP contribution >= 0.6 is 11.6 Å². The fraction of sp³-hybridized carbons (Fsp3) is 0.385. The molecular weight excluding hydrogens is 327 g/mol. The summed E-state index contributed by atoms with van der Waals surface area (Å²) in [6.07, 6.45) is -5.49. The van der Waals surface area contributed by atoms with Gasteiger partial charge >= 0.3 is 12.1 Å². The number of methoxy groups -OCH3 is 1. The first-order valence-electron chi connectivity index (χ1n) is 5.93. The summed E-state index contributed by atoms with van der Waals surface area (Å²) in [5.41, 5.74) is -3.13. The van der Waals surface area contributed by atoms with E-state index in [1.165, 1.54) is 12.1 Å². The van der Waals surface area contributed by atoms with Gasteiger partial charge in [-0.3, -0.25) is 4.79 Å². The van der Waals surface area contributed by atoms with Gasteiger partial charge in [0, 0.05) is 5.69 Å². The predicted molar refractivity (Wildman–Crippen MR) is 72.5 cm³/mol. The quantitative estimate of drug-likeness (QED) is 0.650. The molecule has 0 unspecified atom stereocenters. The van der Waals surface area contributed by atoms with Gasteiger partial charge in [0.05, 0.1) is 7.11 Å². The lowest BCUT2D eigenvalue weighted by atomic mass is 9.97. The number of hydrogen-bond acceptors (Lipinski definition) is 4. The van der Waals surface area contributed by atoms with Gasteiger partial charge in [-0.15, -0.1) is 11.6 Å². The van der Waals surface area contributed by atoms with E-state index in [9.17, 15) is 27.9 Å². The largest absolute Gasteiger partial charge is 0.467 e. The molecule has 0 aliphatic heterocycles. The molecule has 0 radical (unpaired) electrons. The second-order valence-electron chi connectivity index (χ2n) is 4.47. The molecule has 2 atom stereocenters. The number of nitrogens with one attached hydrogen (secondary N) is 1. The minimum absolute atomic E-state index is 0.163. The van der Waals surface area contributed by atoms with Gasteiger partial charge in [-0.2, -0.15) is 13.2 Å². The van der Waals surface area contributed by atoms with Crippen LogP contribution in [0.1, 0.15) is 5.56 Å². The molecule has 1 rings (SSSR count). The molecule has 5 nitrogen and oxygen atoms in total. The molecule has 2 N–H and O–H groups in total. The van der Waals surface area contributed by atoms with Crippen LogP contribution in [-0.4, -0.2) is 41.2 Å². The van der Waals surface area contributed by atoms with Crippen molar-refractivity contribution in [2.45, 2.75) is 24.1 Å². The fourth-order valence-electron chi connectivity index (χ4n) is 1.55. The van der Waals surface area contributed by atoms with Crippen LogP contribution in [0.4, 0.5) is 18.9 Å². The van der Waals surface area contributed by atoms with E-state index in [1.54, 1.807) is 19.1 Å². The minimum Gasteiger partial charge on any atom is -0.467 e. The third-order valence-corrected chi connectivity index (χ3v) is 3.36. The van der Waals surface area contributed by atoms with Crippen molar-refractivity contribution in [2.24, 2.45) is 0 Å². The number of aryl methyl sites for hydroxylation is 1. The van der Waals surface area contributed by atoms with Gasteiger partial charge in [0.25, 0.3) is 5.60 Å². The van der Waals surface area contributed by atoms with Crippen LogP contribution in [-0.2, 0) is 14.3 Å². The number of halogens is 4. The van der Waals surface area contributed by atoms with Gasteiger partial charge in [-0.05, 0) is 19.1 Å². The van der Waals surface area contributed by atoms with E-state index < -0.39 is 29.0 Å². The molecule has 0 saturated carbocycles. The average Bonchev–Trinajstić information content (AvgIpc) is 2.45. The Hall–Kier alpha value is -1.80. The zero-order chi connectivity index (χ0) is 17.1. The van der Waals surface area contributed by atoms with Crippen molar-refractivity contribution >= 4 is 29.2 Å². The number of amides is 1. The first kappa shape index (κ1) is 18.2. The Morgan fingerprint density at radius 1 is 1.27 bits per heavy atom. The topological polar surface area (TPSA) is 75.6 Å². The molecule has 0 spiro atoms. The highest BCUT2D eigenvalue weighted by atomic mass is 35.5. The third kappa shape index (κ3) is 3.50. The number of rotatable bonds is 4. The zero-order valence-corrected chi connectivity index (χ0v) is 12.3. The summed E-state index contributed by atoms with van der Waals surface area (Å²) in [4.78, 5) is 23.1. The zero-order valence-electron chi connectivity index (χ0n) is 11.6. The molecule has 0 heterocycles. The summed E-state index contributed by atoms with van der Waals surface area (Å²) in [7, 11) is 0.639. The lowest BCUT2D eigenvalue weighted by Gasteiger charge is -2.30. The number of carbonyl (C=O) groups is 2. The summed E-state index contributed by atoms with van der Waals surface area (Å²) in [5, 5.41) is 9.05. The van der Waals surface area contributed by atoms with Crippen molar-refractivity contribution in [1.82, 2.24) is 0 Å². The van der Waals surface area contributed by atoms with E-state index in [-0.39, 0.29) is 5.69 Å². The third-order valence-electron chi connectivity index (χ3n) is 2.84.